The number of fused-ring (bicyclic) bond motifs is 2. The van der Waals surface area contributed by atoms with Gasteiger partial charge in [-0.15, -0.1) is 0 Å². The zero-order valence-corrected chi connectivity index (χ0v) is 19.3. The normalized spacial score (nSPS) is 20.9. The molecule has 0 amide bonds. The highest BCUT2D eigenvalue weighted by atomic mass is 32.2. The van der Waals surface area contributed by atoms with E-state index in [9.17, 15) is 13.5 Å². The summed E-state index contributed by atoms with van der Waals surface area (Å²) >= 11 is 0. The van der Waals surface area contributed by atoms with E-state index in [1.165, 1.54) is 32.8 Å². The first kappa shape index (κ1) is 21.5. The number of nitrogens with zero attached hydrogens (tertiary/aromatic N) is 4. The van der Waals surface area contributed by atoms with E-state index in [0.717, 1.165) is 57.1 Å². The molecule has 2 aliphatic carbocycles. The lowest BCUT2D eigenvalue weighted by Gasteiger charge is -2.33. The lowest BCUT2D eigenvalue weighted by molar-refractivity contribution is -0.217. The second kappa shape index (κ2) is 8.51. The zero-order chi connectivity index (χ0) is 22.3. The van der Waals surface area contributed by atoms with E-state index >= 15 is 0 Å². The first-order valence-corrected chi connectivity index (χ1v) is 13.0. The van der Waals surface area contributed by atoms with Gasteiger partial charge in [0.25, 0.3) is 0 Å². The van der Waals surface area contributed by atoms with Crippen molar-refractivity contribution in [2.75, 3.05) is 17.4 Å². The molecule has 1 aromatic heterocycles. The Morgan fingerprint density at radius 1 is 1.22 bits per heavy atom. The summed E-state index contributed by atoms with van der Waals surface area (Å²) in [5, 5.41) is 20.4. The molecule has 2 aromatic rings. The van der Waals surface area contributed by atoms with Gasteiger partial charge in [0.2, 0.25) is 0 Å². The van der Waals surface area contributed by atoms with Crippen LogP contribution in [0.15, 0.2) is 22.9 Å². The highest BCUT2D eigenvalue weighted by molar-refractivity contribution is 7.91. The van der Waals surface area contributed by atoms with Crippen LogP contribution in [0.5, 0.6) is 0 Å². The molecule has 9 heteroatoms. The second-order valence-electron chi connectivity index (χ2n) is 9.15. The van der Waals surface area contributed by atoms with Gasteiger partial charge in [0.15, 0.2) is 0 Å². The number of aryl methyl sites for hydroxylation is 3. The zero-order valence-electron chi connectivity index (χ0n) is 18.5. The molecule has 1 fully saturated rings. The average Bonchev–Trinajstić information content (AvgIpc) is 3.49. The van der Waals surface area contributed by atoms with Gasteiger partial charge in [-0.1, -0.05) is 6.07 Å². The standard InChI is InChI=1S/C23H31N5O3S/c1-27-15-19(14-25-27)28(18-7-4-10-24-13-18)32(30,31)26-23(29)12-22-20-8-2-5-16(20)11-17-6-3-9-21(17)22/h11,14-15,18,24H,2-10,12-13H2,1H3,(H,26,29)/p-1. The molecule has 172 valence electrons. The molecular formula is C23H30N5O3S-. The third-order valence-electron chi connectivity index (χ3n) is 6.94. The van der Waals surface area contributed by atoms with Crippen LogP contribution in [0.3, 0.4) is 0 Å². The molecule has 0 spiro atoms. The van der Waals surface area contributed by atoms with Crippen molar-refractivity contribution in [3.8, 4) is 0 Å². The Labute approximate surface area is 189 Å². The number of hydrogen-bond acceptors (Lipinski definition) is 5. The highest BCUT2D eigenvalue weighted by Crippen LogP contribution is 2.35. The second-order valence-corrected chi connectivity index (χ2v) is 10.6. The van der Waals surface area contributed by atoms with Gasteiger partial charge < -0.3 is 10.4 Å². The van der Waals surface area contributed by atoms with Crippen molar-refractivity contribution in [3.63, 3.8) is 0 Å². The van der Waals surface area contributed by atoms with Gasteiger partial charge in [-0.2, -0.15) is 17.9 Å². The fraction of sp³-hybridized carbons (Fsp3) is 0.565. The minimum absolute atomic E-state index is 0.0640. The van der Waals surface area contributed by atoms with Crippen LogP contribution >= 0.6 is 0 Å². The molecule has 32 heavy (non-hydrogen) atoms. The first-order valence-electron chi connectivity index (χ1n) is 11.6. The lowest BCUT2D eigenvalue weighted by Crippen LogP contribution is -2.48. The third kappa shape index (κ3) is 4.03. The molecule has 1 unspecified atom stereocenters. The summed E-state index contributed by atoms with van der Waals surface area (Å²) in [6.45, 7) is 1.38. The maximum Gasteiger partial charge on any atom is 0.344 e. The summed E-state index contributed by atoms with van der Waals surface area (Å²) < 4.78 is 33.4. The summed E-state index contributed by atoms with van der Waals surface area (Å²) in [6, 6.07) is 2.02. The maximum absolute atomic E-state index is 13.4. The average molecular weight is 457 g/mol. The Hall–Kier alpha value is -2.39. The fourth-order valence-electron chi connectivity index (χ4n) is 5.59. The highest BCUT2D eigenvalue weighted by Gasteiger charge is 2.32. The Morgan fingerprint density at radius 3 is 2.53 bits per heavy atom. The molecule has 1 saturated heterocycles. The van der Waals surface area contributed by atoms with E-state index in [4.69, 9.17) is 0 Å². The fourth-order valence-corrected chi connectivity index (χ4v) is 6.92. The molecule has 5 rings (SSSR count). The van der Waals surface area contributed by atoms with Gasteiger partial charge in [-0.05, 0) is 91.6 Å². The lowest BCUT2D eigenvalue weighted by atomic mass is 9.92. The van der Waals surface area contributed by atoms with Crippen molar-refractivity contribution in [1.82, 2.24) is 15.1 Å². The Balaban J connectivity index is 1.48. The van der Waals surface area contributed by atoms with Crippen LogP contribution in [-0.4, -0.2) is 43.2 Å². The van der Waals surface area contributed by atoms with Crippen molar-refractivity contribution in [1.29, 1.82) is 0 Å². The van der Waals surface area contributed by atoms with Crippen LogP contribution < -0.4 is 14.7 Å². The van der Waals surface area contributed by atoms with Crippen LogP contribution in [0.2, 0.25) is 0 Å². The smallest absolute Gasteiger partial charge is 0.344 e. The van der Waals surface area contributed by atoms with Crippen LogP contribution in [0.25, 0.3) is 0 Å². The minimum atomic E-state index is -4.19. The number of benzene rings is 1. The summed E-state index contributed by atoms with van der Waals surface area (Å²) in [4.78, 5) is 0. The first-order chi connectivity index (χ1) is 15.4. The summed E-state index contributed by atoms with van der Waals surface area (Å²) in [6.07, 6.45) is 11.0. The van der Waals surface area contributed by atoms with Crippen molar-refractivity contribution in [2.45, 2.75) is 63.8 Å². The number of hydrogen-bond donors (Lipinski definition) is 1. The number of aromatic nitrogens is 2. The molecule has 0 bridgehead atoms. The molecule has 1 atom stereocenters. The van der Waals surface area contributed by atoms with Crippen molar-refractivity contribution < 1.29 is 13.5 Å². The quantitative estimate of drug-likeness (QED) is 0.520. The number of nitrogens with one attached hydrogen (secondary N) is 1. The van der Waals surface area contributed by atoms with Crippen molar-refractivity contribution >= 4 is 21.8 Å². The Kier molecular flexibility index (Phi) is 5.71. The number of piperidine rings is 1. The molecule has 0 radical (unpaired) electrons. The van der Waals surface area contributed by atoms with Gasteiger partial charge in [-0.25, -0.2) is 4.31 Å². The third-order valence-corrected chi connectivity index (χ3v) is 8.38. The largest absolute Gasteiger partial charge is 0.861 e. The predicted octanol–water partition coefficient (Wildman–Crippen LogP) is 1.20. The molecular weight excluding hydrogens is 426 g/mol. The Morgan fingerprint density at radius 2 is 1.94 bits per heavy atom. The van der Waals surface area contributed by atoms with Crippen LogP contribution in [0, 0.1) is 0 Å². The minimum Gasteiger partial charge on any atom is -0.861 e. The van der Waals surface area contributed by atoms with Crippen LogP contribution in [0.4, 0.5) is 5.69 Å². The van der Waals surface area contributed by atoms with E-state index in [1.54, 1.807) is 17.9 Å². The van der Waals surface area contributed by atoms with Gasteiger partial charge in [0.1, 0.15) is 0 Å². The SMILES string of the molecule is Cn1cc(N(C2CCCNC2)S(=O)(=O)/N=C(\[O-])Cc2c3c(cc4c2CCC4)CCC3)cn1. The molecule has 2 heterocycles. The molecule has 1 aromatic carbocycles. The predicted molar refractivity (Wildman–Crippen MR) is 122 cm³/mol. The van der Waals surface area contributed by atoms with Gasteiger partial charge in [0.05, 0.1) is 17.9 Å². The summed E-state index contributed by atoms with van der Waals surface area (Å²) in [5.74, 6) is -0.586. The molecule has 3 aliphatic rings. The topological polar surface area (TPSA) is 103 Å². The maximum atomic E-state index is 13.4. The van der Waals surface area contributed by atoms with Gasteiger partial charge in [-0.3, -0.25) is 4.68 Å². The van der Waals surface area contributed by atoms with Gasteiger partial charge in [0, 0.05) is 26.2 Å². The summed E-state index contributed by atoms with van der Waals surface area (Å²) in [7, 11) is -2.45. The van der Waals surface area contributed by atoms with Crippen LogP contribution in [0.1, 0.15) is 53.5 Å². The molecule has 8 nitrogen and oxygen atoms in total. The number of rotatable bonds is 6. The van der Waals surface area contributed by atoms with E-state index in [-0.39, 0.29) is 12.5 Å². The molecule has 1 aliphatic heterocycles. The van der Waals surface area contributed by atoms with E-state index in [1.807, 2.05) is 0 Å². The van der Waals surface area contributed by atoms with Crippen LogP contribution in [-0.2, 0) is 49.4 Å². The number of anilines is 1. The van der Waals surface area contributed by atoms with E-state index in [0.29, 0.717) is 18.7 Å². The van der Waals surface area contributed by atoms with E-state index in [2.05, 4.69) is 20.9 Å². The van der Waals surface area contributed by atoms with Gasteiger partial charge >= 0.3 is 10.2 Å². The summed E-state index contributed by atoms with van der Waals surface area (Å²) in [5.41, 5.74) is 6.67. The Bertz CT molecular complexity index is 1120. The van der Waals surface area contributed by atoms with E-state index < -0.39 is 16.1 Å². The monoisotopic (exact) mass is 456 g/mol. The van der Waals surface area contributed by atoms with Crippen molar-refractivity contribution in [3.05, 3.63) is 46.3 Å². The molecule has 0 saturated carbocycles. The molecule has 1 N–H and O–H groups in total. The van der Waals surface area contributed by atoms with Crippen molar-refractivity contribution in [2.24, 2.45) is 11.4 Å².